The van der Waals surface area contributed by atoms with Crippen LogP contribution in [0.2, 0.25) is 0 Å². The SMILES string of the molecule is COc1cccc(C2C3CCCCC3CC[N+]2(O)CC2CC2)c1. The first-order chi connectivity index (χ1) is 11.2. The van der Waals surface area contributed by atoms with E-state index in [-0.39, 0.29) is 10.7 Å². The summed E-state index contributed by atoms with van der Waals surface area (Å²) in [5.74, 6) is 3.09. The van der Waals surface area contributed by atoms with Gasteiger partial charge < -0.3 is 4.74 Å². The fourth-order valence-corrected chi connectivity index (χ4v) is 5.20. The van der Waals surface area contributed by atoms with E-state index in [2.05, 4.69) is 18.2 Å². The normalized spacial score (nSPS) is 37.2. The van der Waals surface area contributed by atoms with Crippen molar-refractivity contribution in [2.75, 3.05) is 20.2 Å². The minimum Gasteiger partial charge on any atom is -0.497 e. The predicted molar refractivity (Wildman–Crippen MR) is 90.3 cm³/mol. The zero-order valence-electron chi connectivity index (χ0n) is 14.3. The van der Waals surface area contributed by atoms with Gasteiger partial charge in [-0.3, -0.25) is 0 Å². The average Bonchev–Trinajstić information content (AvgIpc) is 3.38. The Morgan fingerprint density at radius 1 is 1.13 bits per heavy atom. The van der Waals surface area contributed by atoms with Crippen molar-refractivity contribution >= 4 is 0 Å². The van der Waals surface area contributed by atoms with Crippen LogP contribution in [0, 0.1) is 17.8 Å². The summed E-state index contributed by atoms with van der Waals surface area (Å²) < 4.78 is 5.73. The lowest BCUT2D eigenvalue weighted by Crippen LogP contribution is -2.57. The van der Waals surface area contributed by atoms with E-state index in [1.54, 1.807) is 7.11 Å². The van der Waals surface area contributed by atoms with Crippen molar-refractivity contribution in [3.8, 4) is 5.75 Å². The molecule has 0 amide bonds. The lowest BCUT2D eigenvalue weighted by atomic mass is 9.69. The summed E-state index contributed by atoms with van der Waals surface area (Å²) in [5, 5.41) is 11.6. The molecule has 3 nitrogen and oxygen atoms in total. The Balaban J connectivity index is 1.70. The van der Waals surface area contributed by atoms with Crippen LogP contribution in [0.1, 0.15) is 56.6 Å². The van der Waals surface area contributed by atoms with E-state index in [9.17, 15) is 5.21 Å². The first-order valence-corrected chi connectivity index (χ1v) is 9.43. The third-order valence-corrected chi connectivity index (χ3v) is 6.48. The zero-order chi connectivity index (χ0) is 15.9. The molecule has 4 unspecified atom stereocenters. The molecular formula is C20H30NO2+. The quantitative estimate of drug-likeness (QED) is 0.825. The molecule has 23 heavy (non-hydrogen) atoms. The topological polar surface area (TPSA) is 29.5 Å². The molecule has 1 N–H and O–H groups in total. The predicted octanol–water partition coefficient (Wildman–Crippen LogP) is 4.56. The number of quaternary nitrogens is 1. The smallest absolute Gasteiger partial charge is 0.147 e. The number of fused-ring (bicyclic) bond motifs is 1. The van der Waals surface area contributed by atoms with Crippen molar-refractivity contribution in [2.24, 2.45) is 17.8 Å². The third-order valence-electron chi connectivity index (χ3n) is 6.48. The highest BCUT2D eigenvalue weighted by Crippen LogP contribution is 2.51. The molecule has 3 aliphatic rings. The number of nitrogens with zero attached hydrogens (tertiary/aromatic N) is 1. The van der Waals surface area contributed by atoms with Gasteiger partial charge >= 0.3 is 0 Å². The Morgan fingerprint density at radius 2 is 1.96 bits per heavy atom. The van der Waals surface area contributed by atoms with Crippen LogP contribution in [0.25, 0.3) is 0 Å². The fraction of sp³-hybridized carbons (Fsp3) is 0.700. The van der Waals surface area contributed by atoms with Crippen LogP contribution in [0.15, 0.2) is 24.3 Å². The number of likely N-dealkylation sites (tertiary alicyclic amines) is 1. The molecule has 0 aromatic heterocycles. The Hall–Kier alpha value is -1.06. The molecule has 4 atom stereocenters. The molecule has 1 saturated heterocycles. The van der Waals surface area contributed by atoms with E-state index >= 15 is 0 Å². The van der Waals surface area contributed by atoms with Crippen molar-refractivity contribution in [1.82, 2.24) is 0 Å². The van der Waals surface area contributed by atoms with Gasteiger partial charge in [0.05, 0.1) is 7.11 Å². The van der Waals surface area contributed by atoms with Crippen molar-refractivity contribution < 1.29 is 14.6 Å². The first-order valence-electron chi connectivity index (χ1n) is 9.43. The van der Waals surface area contributed by atoms with Gasteiger partial charge in [0.25, 0.3) is 0 Å². The summed E-state index contributed by atoms with van der Waals surface area (Å²) in [5.41, 5.74) is 1.28. The second kappa shape index (κ2) is 6.10. The number of ether oxygens (including phenoxy) is 1. The van der Waals surface area contributed by atoms with E-state index in [1.165, 1.54) is 50.5 Å². The van der Waals surface area contributed by atoms with Crippen LogP contribution < -0.4 is 4.74 Å². The average molecular weight is 316 g/mol. The summed E-state index contributed by atoms with van der Waals surface area (Å²) in [6.45, 7) is 1.88. The highest BCUT2D eigenvalue weighted by atomic mass is 16.5. The third kappa shape index (κ3) is 3.01. The number of rotatable bonds is 4. The molecule has 2 saturated carbocycles. The summed E-state index contributed by atoms with van der Waals surface area (Å²) in [7, 11) is 1.73. The minimum atomic E-state index is 0.241. The molecule has 1 heterocycles. The van der Waals surface area contributed by atoms with Crippen molar-refractivity contribution in [3.63, 3.8) is 0 Å². The number of piperidine rings is 1. The van der Waals surface area contributed by atoms with E-state index in [0.717, 1.165) is 30.7 Å². The van der Waals surface area contributed by atoms with Gasteiger partial charge in [-0.25, -0.2) is 5.21 Å². The van der Waals surface area contributed by atoms with Gasteiger partial charge in [-0.05, 0) is 43.7 Å². The Kier molecular flexibility index (Phi) is 4.10. The van der Waals surface area contributed by atoms with Crippen molar-refractivity contribution in [2.45, 2.75) is 51.0 Å². The van der Waals surface area contributed by atoms with Crippen LogP contribution in [-0.2, 0) is 0 Å². The second-order valence-electron chi connectivity index (χ2n) is 8.06. The molecule has 1 aliphatic heterocycles. The highest BCUT2D eigenvalue weighted by Gasteiger charge is 2.52. The standard InChI is InChI=1S/C20H30NO2/c1-23-18-7-4-6-17(13-18)20-19-8-3-2-5-16(19)11-12-21(20,22)14-15-9-10-15/h4,6-7,13,15-16,19-20,22H,2-3,5,8-12,14H2,1H3/q+1. The molecule has 1 aromatic carbocycles. The summed E-state index contributed by atoms with van der Waals surface area (Å²) in [6, 6.07) is 8.71. The Morgan fingerprint density at radius 3 is 2.74 bits per heavy atom. The Labute approximate surface area is 139 Å². The lowest BCUT2D eigenvalue weighted by molar-refractivity contribution is -1.13. The van der Waals surface area contributed by atoms with Crippen LogP contribution in [0.3, 0.4) is 0 Å². The van der Waals surface area contributed by atoms with Gasteiger partial charge in [0.1, 0.15) is 24.9 Å². The number of hydrogen-bond donors (Lipinski definition) is 1. The first kappa shape index (κ1) is 15.5. The fourth-order valence-electron chi connectivity index (χ4n) is 5.20. The molecular weight excluding hydrogens is 286 g/mol. The maximum absolute atomic E-state index is 11.6. The van der Waals surface area contributed by atoms with Crippen molar-refractivity contribution in [1.29, 1.82) is 0 Å². The molecule has 0 bridgehead atoms. The van der Waals surface area contributed by atoms with E-state index in [4.69, 9.17) is 4.74 Å². The van der Waals surface area contributed by atoms with Gasteiger partial charge in [-0.2, -0.15) is 4.65 Å². The van der Waals surface area contributed by atoms with Gasteiger partial charge in [-0.15, -0.1) is 0 Å². The maximum Gasteiger partial charge on any atom is 0.147 e. The second-order valence-corrected chi connectivity index (χ2v) is 8.06. The molecule has 1 aromatic rings. The number of benzene rings is 1. The lowest BCUT2D eigenvalue weighted by Gasteiger charge is -2.50. The number of hydrogen-bond acceptors (Lipinski definition) is 2. The molecule has 126 valence electrons. The largest absolute Gasteiger partial charge is 0.497 e. The molecule has 3 heteroatoms. The molecule has 0 spiro atoms. The van der Waals surface area contributed by atoms with Crippen LogP contribution in [-0.4, -0.2) is 30.1 Å². The molecule has 4 rings (SSSR count). The summed E-state index contributed by atoms with van der Waals surface area (Å²) in [6.07, 6.45) is 9.14. The molecule has 2 aliphatic carbocycles. The maximum atomic E-state index is 11.6. The van der Waals surface area contributed by atoms with Gasteiger partial charge in [0, 0.05) is 23.8 Å². The molecule has 0 radical (unpaired) electrons. The summed E-state index contributed by atoms with van der Waals surface area (Å²) >= 11 is 0. The monoisotopic (exact) mass is 316 g/mol. The minimum absolute atomic E-state index is 0.241. The van der Waals surface area contributed by atoms with E-state index in [0.29, 0.717) is 5.92 Å². The number of hydroxylamine groups is 3. The molecule has 3 fully saturated rings. The van der Waals surface area contributed by atoms with Gasteiger partial charge in [0.15, 0.2) is 0 Å². The van der Waals surface area contributed by atoms with E-state index < -0.39 is 0 Å². The van der Waals surface area contributed by atoms with Crippen molar-refractivity contribution in [3.05, 3.63) is 29.8 Å². The summed E-state index contributed by atoms with van der Waals surface area (Å²) in [4.78, 5) is 0. The highest BCUT2D eigenvalue weighted by molar-refractivity contribution is 5.30. The zero-order valence-corrected chi connectivity index (χ0v) is 14.3. The van der Waals surface area contributed by atoms with Gasteiger partial charge in [-0.1, -0.05) is 25.0 Å². The van der Waals surface area contributed by atoms with Gasteiger partial charge in [0.2, 0.25) is 0 Å². The van der Waals surface area contributed by atoms with Crippen LogP contribution in [0.4, 0.5) is 0 Å². The van der Waals surface area contributed by atoms with Crippen LogP contribution >= 0.6 is 0 Å². The Bertz CT molecular complexity index is 556. The van der Waals surface area contributed by atoms with Crippen LogP contribution in [0.5, 0.6) is 5.75 Å². The van der Waals surface area contributed by atoms with E-state index in [1.807, 2.05) is 6.07 Å². The number of methoxy groups -OCH3 is 1.